The number of halogens is 1. The first-order valence-electron chi connectivity index (χ1n) is 8.86. The van der Waals surface area contributed by atoms with E-state index in [4.69, 9.17) is 0 Å². The molecule has 0 unspecified atom stereocenters. The SMILES string of the molecule is O=C(O)c1cc(SCCc2ccccc2)ccc1CS(=O)(=O)c1ccc(Br)cc1. The van der Waals surface area contributed by atoms with Gasteiger partial charge in [0.2, 0.25) is 0 Å². The molecule has 0 atom stereocenters. The Kier molecular flexibility index (Phi) is 7.16. The van der Waals surface area contributed by atoms with Crippen molar-refractivity contribution in [3.05, 3.63) is 94.0 Å². The number of aryl methyl sites for hydroxylation is 1. The van der Waals surface area contributed by atoms with E-state index < -0.39 is 15.8 Å². The molecule has 7 heteroatoms. The molecule has 4 nitrogen and oxygen atoms in total. The van der Waals surface area contributed by atoms with E-state index in [0.29, 0.717) is 0 Å². The van der Waals surface area contributed by atoms with Crippen molar-refractivity contribution in [2.45, 2.75) is 22.0 Å². The number of thioether (sulfide) groups is 1. The molecule has 0 aliphatic carbocycles. The van der Waals surface area contributed by atoms with Gasteiger partial charge in [0.05, 0.1) is 16.2 Å². The Balaban J connectivity index is 1.75. The number of aromatic carboxylic acids is 1. The van der Waals surface area contributed by atoms with Crippen molar-refractivity contribution in [1.82, 2.24) is 0 Å². The number of benzene rings is 3. The molecule has 3 rings (SSSR count). The Hall–Kier alpha value is -2.09. The predicted octanol–water partition coefficient (Wildman–Crippen LogP) is 5.46. The van der Waals surface area contributed by atoms with E-state index in [9.17, 15) is 18.3 Å². The van der Waals surface area contributed by atoms with Gasteiger partial charge in [0.1, 0.15) is 0 Å². The Morgan fingerprint density at radius 2 is 1.66 bits per heavy atom. The van der Waals surface area contributed by atoms with Crippen LogP contribution in [0.1, 0.15) is 21.5 Å². The second-order valence-corrected chi connectivity index (χ2v) is 10.5. The van der Waals surface area contributed by atoms with Crippen LogP contribution in [0.4, 0.5) is 0 Å². The van der Waals surface area contributed by atoms with Crippen molar-refractivity contribution < 1.29 is 18.3 Å². The van der Waals surface area contributed by atoms with Crippen LogP contribution < -0.4 is 0 Å². The van der Waals surface area contributed by atoms with Gasteiger partial charge >= 0.3 is 5.97 Å². The molecular weight excluding hydrogens is 472 g/mol. The molecular formula is C22H19BrO4S2. The van der Waals surface area contributed by atoms with Gasteiger partial charge in [-0.05, 0) is 53.9 Å². The van der Waals surface area contributed by atoms with Gasteiger partial charge in [-0.3, -0.25) is 0 Å². The minimum absolute atomic E-state index is 0.0235. The highest BCUT2D eigenvalue weighted by molar-refractivity contribution is 9.10. The number of sulfone groups is 1. The van der Waals surface area contributed by atoms with Crippen LogP contribution in [-0.4, -0.2) is 25.2 Å². The lowest BCUT2D eigenvalue weighted by atomic mass is 10.1. The zero-order valence-electron chi connectivity index (χ0n) is 15.4. The molecule has 3 aromatic carbocycles. The average Bonchev–Trinajstić information content (AvgIpc) is 2.70. The lowest BCUT2D eigenvalue weighted by Crippen LogP contribution is -2.10. The summed E-state index contributed by atoms with van der Waals surface area (Å²) in [6.07, 6.45) is 0.869. The molecule has 0 saturated carbocycles. The summed E-state index contributed by atoms with van der Waals surface area (Å²) in [5.74, 6) is -0.679. The molecule has 0 saturated heterocycles. The Labute approximate surface area is 183 Å². The van der Waals surface area contributed by atoms with E-state index >= 15 is 0 Å². The first kappa shape index (κ1) is 21.6. The minimum Gasteiger partial charge on any atom is -0.478 e. The van der Waals surface area contributed by atoms with Crippen LogP contribution >= 0.6 is 27.7 Å². The second-order valence-electron chi connectivity index (χ2n) is 6.42. The van der Waals surface area contributed by atoms with Gasteiger partial charge in [-0.25, -0.2) is 13.2 Å². The van der Waals surface area contributed by atoms with Crippen molar-refractivity contribution in [3.8, 4) is 0 Å². The van der Waals surface area contributed by atoms with E-state index in [1.54, 1.807) is 42.1 Å². The number of hydrogen-bond acceptors (Lipinski definition) is 4. The maximum atomic E-state index is 12.7. The fourth-order valence-electron chi connectivity index (χ4n) is 2.83. The van der Waals surface area contributed by atoms with E-state index in [0.717, 1.165) is 21.5 Å². The Bertz CT molecular complexity index is 1100. The van der Waals surface area contributed by atoms with Crippen molar-refractivity contribution in [2.75, 3.05) is 5.75 Å². The van der Waals surface area contributed by atoms with Gasteiger partial charge in [-0.15, -0.1) is 11.8 Å². The minimum atomic E-state index is -3.64. The summed E-state index contributed by atoms with van der Waals surface area (Å²) in [5, 5.41) is 9.59. The molecule has 29 heavy (non-hydrogen) atoms. The largest absolute Gasteiger partial charge is 0.478 e. The van der Waals surface area contributed by atoms with Gasteiger partial charge in [-0.2, -0.15) is 0 Å². The maximum Gasteiger partial charge on any atom is 0.336 e. The number of carboxylic acids is 1. The standard InChI is InChI=1S/C22H19BrO4S2/c23-18-7-10-20(11-8-18)29(26,27)15-17-6-9-19(14-21(17)22(24)25)28-13-12-16-4-2-1-3-5-16/h1-11,14H,12-13,15H2,(H,24,25). The number of carbonyl (C=O) groups is 1. The van der Waals surface area contributed by atoms with Crippen molar-refractivity contribution in [1.29, 1.82) is 0 Å². The van der Waals surface area contributed by atoms with Crippen molar-refractivity contribution >= 4 is 43.5 Å². The number of rotatable bonds is 8. The van der Waals surface area contributed by atoms with Crippen molar-refractivity contribution in [3.63, 3.8) is 0 Å². The topological polar surface area (TPSA) is 71.4 Å². The maximum absolute atomic E-state index is 12.7. The fraction of sp³-hybridized carbons (Fsp3) is 0.136. The first-order chi connectivity index (χ1) is 13.8. The van der Waals surface area contributed by atoms with Crippen LogP contribution in [0.15, 0.2) is 87.1 Å². The molecule has 150 valence electrons. The quantitative estimate of drug-likeness (QED) is 0.424. The molecule has 0 aromatic heterocycles. The molecule has 0 amide bonds. The third kappa shape index (κ3) is 5.95. The summed E-state index contributed by atoms with van der Waals surface area (Å²) in [5.41, 5.74) is 1.53. The molecule has 0 aliphatic rings. The summed E-state index contributed by atoms with van der Waals surface area (Å²) in [4.78, 5) is 12.7. The normalized spacial score (nSPS) is 11.3. The number of hydrogen-bond donors (Lipinski definition) is 1. The van der Waals surface area contributed by atoms with Gasteiger partial charge in [0.25, 0.3) is 0 Å². The van der Waals surface area contributed by atoms with Gasteiger partial charge < -0.3 is 5.11 Å². The second kappa shape index (κ2) is 9.61. The zero-order chi connectivity index (χ0) is 20.9. The molecule has 0 aliphatic heterocycles. The summed E-state index contributed by atoms with van der Waals surface area (Å²) in [6, 6.07) is 21.3. The van der Waals surface area contributed by atoms with Crippen LogP contribution in [0.5, 0.6) is 0 Å². The monoisotopic (exact) mass is 490 g/mol. The predicted molar refractivity (Wildman–Crippen MR) is 119 cm³/mol. The number of carboxylic acid groups (broad SMARTS) is 1. The summed E-state index contributed by atoms with van der Waals surface area (Å²) in [7, 11) is -3.64. The summed E-state index contributed by atoms with van der Waals surface area (Å²) < 4.78 is 26.2. The smallest absolute Gasteiger partial charge is 0.336 e. The van der Waals surface area contributed by atoms with Crippen molar-refractivity contribution in [2.24, 2.45) is 0 Å². The summed E-state index contributed by atoms with van der Waals surface area (Å²) in [6.45, 7) is 0. The van der Waals surface area contributed by atoms with Crippen LogP contribution in [0, 0.1) is 0 Å². The molecule has 0 heterocycles. The molecule has 3 aromatic rings. The van der Waals surface area contributed by atoms with E-state index in [-0.39, 0.29) is 21.8 Å². The van der Waals surface area contributed by atoms with Crippen LogP contribution in [0.2, 0.25) is 0 Å². The average molecular weight is 491 g/mol. The molecule has 0 spiro atoms. The molecule has 1 N–H and O–H groups in total. The third-order valence-corrected chi connectivity index (χ3v) is 7.54. The summed E-state index contributed by atoms with van der Waals surface area (Å²) >= 11 is 4.83. The van der Waals surface area contributed by atoms with Gasteiger partial charge in [0.15, 0.2) is 9.84 Å². The lowest BCUT2D eigenvalue weighted by Gasteiger charge is -2.10. The van der Waals surface area contributed by atoms with E-state index in [2.05, 4.69) is 28.1 Å². The zero-order valence-corrected chi connectivity index (χ0v) is 18.6. The van der Waals surface area contributed by atoms with Crippen LogP contribution in [0.25, 0.3) is 0 Å². The first-order valence-corrected chi connectivity index (χ1v) is 12.3. The third-order valence-electron chi connectivity index (χ3n) is 4.33. The highest BCUT2D eigenvalue weighted by atomic mass is 79.9. The van der Waals surface area contributed by atoms with Gasteiger partial charge in [-0.1, -0.05) is 52.3 Å². The molecule has 0 fully saturated rings. The Morgan fingerprint density at radius 1 is 0.966 bits per heavy atom. The molecule has 0 radical (unpaired) electrons. The van der Waals surface area contributed by atoms with Crippen LogP contribution in [0.3, 0.4) is 0 Å². The van der Waals surface area contributed by atoms with Gasteiger partial charge in [0, 0.05) is 15.1 Å². The molecule has 0 bridgehead atoms. The Morgan fingerprint density at radius 3 is 2.31 bits per heavy atom. The highest BCUT2D eigenvalue weighted by Crippen LogP contribution is 2.26. The highest BCUT2D eigenvalue weighted by Gasteiger charge is 2.20. The van der Waals surface area contributed by atoms with E-state index in [1.165, 1.54) is 17.7 Å². The van der Waals surface area contributed by atoms with E-state index in [1.807, 2.05) is 18.2 Å². The lowest BCUT2D eigenvalue weighted by molar-refractivity contribution is 0.0695. The fourth-order valence-corrected chi connectivity index (χ4v) is 5.41. The van der Waals surface area contributed by atoms with Crippen LogP contribution in [-0.2, 0) is 22.0 Å².